The maximum absolute atomic E-state index is 12.5. The normalized spacial score (nSPS) is 14.8. The molecule has 3 rings (SSSR count). The number of nitrogen functional groups attached to an aromatic ring is 1. The Labute approximate surface area is 147 Å². The minimum Gasteiger partial charge on any atom is -0.382 e. The average molecular weight is 334 g/mol. The van der Waals surface area contributed by atoms with Crippen molar-refractivity contribution >= 4 is 31.1 Å². The fraction of sp³-hybridized carbons (Fsp3) is 0.235. The van der Waals surface area contributed by atoms with Crippen LogP contribution in [0.3, 0.4) is 0 Å². The molecular weight excluding hydrogens is 315 g/mol. The van der Waals surface area contributed by atoms with E-state index in [4.69, 9.17) is 13.6 Å². The molecule has 4 N–H and O–H groups in total. The van der Waals surface area contributed by atoms with Crippen LogP contribution in [0.5, 0.6) is 0 Å². The number of hydrogen-bond donors (Lipinski definition) is 3. The van der Waals surface area contributed by atoms with Gasteiger partial charge in [-0.15, -0.1) is 0 Å². The Hall–Kier alpha value is -2.87. The van der Waals surface area contributed by atoms with Crippen molar-refractivity contribution < 1.29 is 4.79 Å². The standard InChI is InChI=1S/C17H19BN6O/c1-11(24-8-6-20-7-9-24)2-3-13-16(19)23-17(22-13)15(25)12-4-5-21-14(18)10-12/h2-5,10,20H,1,6-9,19H2,(H,22,23)/b3-2-. The molecule has 1 aliphatic rings. The van der Waals surface area contributed by atoms with Gasteiger partial charge in [-0.05, 0) is 29.9 Å². The second kappa shape index (κ2) is 7.35. The highest BCUT2D eigenvalue weighted by atomic mass is 16.1. The molecule has 0 saturated carbocycles. The number of nitrogens with zero attached hydrogens (tertiary/aromatic N) is 3. The number of rotatable bonds is 5. The van der Waals surface area contributed by atoms with Crippen LogP contribution in [0.4, 0.5) is 5.82 Å². The zero-order valence-electron chi connectivity index (χ0n) is 13.8. The van der Waals surface area contributed by atoms with Crippen molar-refractivity contribution in [3.8, 4) is 0 Å². The third-order valence-corrected chi connectivity index (χ3v) is 3.99. The SMILES string of the molecule is [B]c1cc(C(=O)c2nc(N)c(/C=C\C(=C)N3CCNCC3)[nH]2)ccn1. The van der Waals surface area contributed by atoms with Gasteiger partial charge in [0, 0.05) is 43.6 Å². The van der Waals surface area contributed by atoms with E-state index in [0.717, 1.165) is 31.9 Å². The van der Waals surface area contributed by atoms with Crippen LogP contribution in [0, 0.1) is 0 Å². The summed E-state index contributed by atoms with van der Waals surface area (Å²) in [6.45, 7) is 7.77. The van der Waals surface area contributed by atoms with E-state index in [-0.39, 0.29) is 23.0 Å². The van der Waals surface area contributed by atoms with Gasteiger partial charge < -0.3 is 20.9 Å². The quantitative estimate of drug-likeness (QED) is 0.399. The smallest absolute Gasteiger partial charge is 0.228 e. The van der Waals surface area contributed by atoms with Crippen LogP contribution in [0.25, 0.3) is 6.08 Å². The number of ketones is 1. The highest BCUT2D eigenvalue weighted by Gasteiger charge is 2.16. The van der Waals surface area contributed by atoms with Gasteiger partial charge >= 0.3 is 0 Å². The van der Waals surface area contributed by atoms with E-state index in [9.17, 15) is 4.79 Å². The van der Waals surface area contributed by atoms with E-state index in [0.29, 0.717) is 11.3 Å². The highest BCUT2D eigenvalue weighted by molar-refractivity contribution is 6.31. The van der Waals surface area contributed by atoms with E-state index in [1.165, 1.54) is 12.3 Å². The van der Waals surface area contributed by atoms with Gasteiger partial charge in [0.15, 0.2) is 5.82 Å². The molecule has 0 atom stereocenters. The molecule has 0 unspecified atom stereocenters. The molecule has 8 heteroatoms. The van der Waals surface area contributed by atoms with Gasteiger partial charge in [0.05, 0.1) is 5.69 Å². The number of pyridine rings is 1. The van der Waals surface area contributed by atoms with E-state index < -0.39 is 0 Å². The lowest BCUT2D eigenvalue weighted by atomic mass is 10.0. The summed E-state index contributed by atoms with van der Waals surface area (Å²) in [7, 11) is 5.61. The van der Waals surface area contributed by atoms with Crippen molar-refractivity contribution in [1.82, 2.24) is 25.2 Å². The Morgan fingerprint density at radius 1 is 1.40 bits per heavy atom. The summed E-state index contributed by atoms with van der Waals surface area (Å²) in [5.74, 6) is 0.131. The predicted octanol–water partition coefficient (Wildman–Crippen LogP) is -0.156. The lowest BCUT2D eigenvalue weighted by Crippen LogP contribution is -2.42. The van der Waals surface area contributed by atoms with Crippen molar-refractivity contribution in [1.29, 1.82) is 0 Å². The van der Waals surface area contributed by atoms with Crippen molar-refractivity contribution in [3.63, 3.8) is 0 Å². The number of piperazine rings is 1. The summed E-state index contributed by atoms with van der Waals surface area (Å²) in [6.07, 6.45) is 5.13. The summed E-state index contributed by atoms with van der Waals surface area (Å²) >= 11 is 0. The number of hydrogen-bond acceptors (Lipinski definition) is 6. The number of imidazole rings is 1. The Balaban J connectivity index is 1.74. The van der Waals surface area contributed by atoms with E-state index >= 15 is 0 Å². The van der Waals surface area contributed by atoms with Crippen molar-refractivity contribution in [2.24, 2.45) is 0 Å². The topological polar surface area (TPSA) is 99.9 Å². The molecule has 0 spiro atoms. The average Bonchev–Trinajstić information content (AvgIpc) is 3.00. The number of anilines is 1. The van der Waals surface area contributed by atoms with E-state index in [1.807, 2.05) is 6.08 Å². The second-order valence-electron chi connectivity index (χ2n) is 5.74. The van der Waals surface area contributed by atoms with Gasteiger partial charge in [-0.1, -0.05) is 6.58 Å². The van der Waals surface area contributed by atoms with Crippen LogP contribution >= 0.6 is 0 Å². The molecule has 2 aromatic heterocycles. The molecule has 2 aromatic rings. The van der Waals surface area contributed by atoms with E-state index in [2.05, 4.69) is 31.7 Å². The first-order valence-electron chi connectivity index (χ1n) is 7.99. The molecule has 0 bridgehead atoms. The first-order valence-corrected chi connectivity index (χ1v) is 7.99. The van der Waals surface area contributed by atoms with E-state index in [1.54, 1.807) is 12.1 Å². The van der Waals surface area contributed by atoms with Crippen LogP contribution in [-0.2, 0) is 0 Å². The molecule has 2 radical (unpaired) electrons. The molecule has 1 fully saturated rings. The van der Waals surface area contributed by atoms with Gasteiger partial charge in [-0.2, -0.15) is 0 Å². The molecule has 0 amide bonds. The van der Waals surface area contributed by atoms with Gasteiger partial charge in [0.1, 0.15) is 13.7 Å². The largest absolute Gasteiger partial charge is 0.382 e. The fourth-order valence-electron chi connectivity index (χ4n) is 2.60. The maximum Gasteiger partial charge on any atom is 0.228 e. The summed E-state index contributed by atoms with van der Waals surface area (Å²) in [4.78, 5) is 25.6. The maximum atomic E-state index is 12.5. The molecule has 25 heavy (non-hydrogen) atoms. The Morgan fingerprint density at radius 3 is 2.88 bits per heavy atom. The van der Waals surface area contributed by atoms with Crippen molar-refractivity contribution in [3.05, 3.63) is 53.8 Å². The molecule has 1 saturated heterocycles. The predicted molar refractivity (Wildman–Crippen MR) is 98.7 cm³/mol. The number of aromatic nitrogens is 3. The Morgan fingerprint density at radius 2 is 2.16 bits per heavy atom. The second-order valence-corrected chi connectivity index (χ2v) is 5.74. The third-order valence-electron chi connectivity index (χ3n) is 3.99. The van der Waals surface area contributed by atoms with Gasteiger partial charge in [0.2, 0.25) is 5.78 Å². The van der Waals surface area contributed by atoms with Crippen molar-refractivity contribution in [2.45, 2.75) is 0 Å². The van der Waals surface area contributed by atoms with Gasteiger partial charge in [-0.25, -0.2) is 4.98 Å². The number of nitrogens with two attached hydrogens (primary N) is 1. The molecule has 3 heterocycles. The number of carbonyl (C=O) groups excluding carboxylic acids is 1. The number of aromatic amines is 1. The first kappa shape index (κ1) is 17.0. The molecular formula is C17H19BN6O. The van der Waals surface area contributed by atoms with Crippen LogP contribution in [0.1, 0.15) is 21.9 Å². The van der Waals surface area contributed by atoms with Gasteiger partial charge in [0.25, 0.3) is 0 Å². The van der Waals surface area contributed by atoms with Gasteiger partial charge in [-0.3, -0.25) is 9.78 Å². The van der Waals surface area contributed by atoms with Crippen LogP contribution in [0.15, 0.2) is 36.7 Å². The minimum atomic E-state index is -0.290. The molecule has 126 valence electrons. The summed E-state index contributed by atoms with van der Waals surface area (Å²) in [6, 6.07) is 3.09. The lowest BCUT2D eigenvalue weighted by Gasteiger charge is -2.29. The van der Waals surface area contributed by atoms with Crippen LogP contribution in [-0.4, -0.2) is 59.7 Å². The van der Waals surface area contributed by atoms with Crippen LogP contribution < -0.4 is 16.6 Å². The van der Waals surface area contributed by atoms with Crippen molar-refractivity contribution in [2.75, 3.05) is 31.9 Å². The Kier molecular flexibility index (Phi) is 4.99. The Bertz CT molecular complexity index is 822. The number of nitrogens with one attached hydrogen (secondary N) is 2. The monoisotopic (exact) mass is 334 g/mol. The first-order chi connectivity index (χ1) is 12.0. The molecule has 0 aliphatic carbocycles. The zero-order valence-corrected chi connectivity index (χ0v) is 13.8. The molecule has 0 aromatic carbocycles. The van der Waals surface area contributed by atoms with Crippen LogP contribution in [0.2, 0.25) is 0 Å². The number of carbonyl (C=O) groups is 1. The third kappa shape index (κ3) is 3.97. The summed E-state index contributed by atoms with van der Waals surface area (Å²) in [5.41, 5.74) is 8.06. The minimum absolute atomic E-state index is 0.163. The summed E-state index contributed by atoms with van der Waals surface area (Å²) < 4.78 is 0. The molecule has 7 nitrogen and oxygen atoms in total. The zero-order chi connectivity index (χ0) is 17.8. The number of H-pyrrole nitrogens is 1. The lowest BCUT2D eigenvalue weighted by molar-refractivity contribution is 0.103. The summed E-state index contributed by atoms with van der Waals surface area (Å²) in [5, 5.41) is 3.29. The highest BCUT2D eigenvalue weighted by Crippen LogP contribution is 2.15. The number of allylic oxidation sites excluding steroid dienone is 1. The molecule has 1 aliphatic heterocycles. The fourth-order valence-corrected chi connectivity index (χ4v) is 2.60.